The number of nitriles is 1. The Morgan fingerprint density at radius 2 is 0.831 bits per heavy atom. The molecule has 4 nitrogen and oxygen atoms in total. The Hall–Kier alpha value is -6.96. The first kappa shape index (κ1) is 36.4. The van der Waals surface area contributed by atoms with E-state index in [2.05, 4.69) is 151 Å². The maximum atomic E-state index is 9.98. The summed E-state index contributed by atoms with van der Waals surface area (Å²) in [6.07, 6.45) is 0. The van der Waals surface area contributed by atoms with E-state index in [0.717, 1.165) is 16.7 Å². The van der Waals surface area contributed by atoms with E-state index in [1.807, 2.05) is 48.5 Å². The molecule has 1 aliphatic rings. The first-order valence-corrected chi connectivity index (χ1v) is 20.4. The highest BCUT2D eigenvalue weighted by molar-refractivity contribution is 6.28. The zero-order chi connectivity index (χ0) is 40.7. The van der Waals surface area contributed by atoms with Crippen molar-refractivity contribution in [2.24, 2.45) is 5.41 Å². The van der Waals surface area contributed by atoms with Crippen molar-refractivity contribution in [3.05, 3.63) is 174 Å². The fourth-order valence-electron chi connectivity index (χ4n) is 9.65. The first-order chi connectivity index (χ1) is 28.5. The van der Waals surface area contributed by atoms with Gasteiger partial charge in [0.25, 0.3) is 0 Å². The summed E-state index contributed by atoms with van der Waals surface area (Å²) in [6.45, 7) is 14.5. The molecular formula is C55H44N4. The Balaban J connectivity index is 1.21. The average molecular weight is 761 g/mol. The van der Waals surface area contributed by atoms with Crippen molar-refractivity contribution in [2.75, 3.05) is 0 Å². The number of rotatable bonds is 5. The molecular weight excluding hydrogens is 717 g/mol. The van der Waals surface area contributed by atoms with Gasteiger partial charge in [0.05, 0.1) is 11.6 Å². The zero-order valence-electron chi connectivity index (χ0n) is 34.3. The summed E-state index contributed by atoms with van der Waals surface area (Å²) in [5, 5.41) is 17.6. The second kappa shape index (κ2) is 13.3. The van der Waals surface area contributed by atoms with Crippen LogP contribution < -0.4 is 0 Å². The topological polar surface area (TPSA) is 62.5 Å². The van der Waals surface area contributed by atoms with Crippen LogP contribution in [0.15, 0.2) is 158 Å². The van der Waals surface area contributed by atoms with Crippen LogP contribution in [0.25, 0.3) is 88.7 Å². The van der Waals surface area contributed by atoms with Crippen LogP contribution in [0.1, 0.15) is 58.2 Å². The van der Waals surface area contributed by atoms with Gasteiger partial charge in [-0.25, -0.2) is 15.0 Å². The van der Waals surface area contributed by atoms with Gasteiger partial charge in [-0.1, -0.05) is 175 Å². The molecule has 59 heavy (non-hydrogen) atoms. The van der Waals surface area contributed by atoms with Crippen molar-refractivity contribution >= 4 is 32.3 Å². The summed E-state index contributed by atoms with van der Waals surface area (Å²) < 4.78 is 0. The molecule has 0 atom stereocenters. The van der Waals surface area contributed by atoms with Gasteiger partial charge in [0.2, 0.25) is 0 Å². The number of hydrogen-bond donors (Lipinski definition) is 0. The fourth-order valence-corrected chi connectivity index (χ4v) is 9.65. The number of hydrogen-bond acceptors (Lipinski definition) is 4. The van der Waals surface area contributed by atoms with Crippen LogP contribution in [0, 0.1) is 16.7 Å². The predicted octanol–water partition coefficient (Wildman–Crippen LogP) is 14.1. The molecule has 0 radical (unpaired) electrons. The standard InChI is InChI=1S/C55H44N4/c1-53(2)47-31-45(34-27-29-36(30-28-34)51-57-50(35-17-8-7-9-18-35)58-52(59-51)38-20-11-10-19-37(38)33-56)46(32-48(47)54(3,4)55(53,5)6)44-26-16-25-43-41-22-13-12-21-39(41)40-23-14-15-24-42(40)49(43)44/h7-32H,1-6H3. The summed E-state index contributed by atoms with van der Waals surface area (Å²) in [7, 11) is 0. The maximum absolute atomic E-state index is 9.98. The summed E-state index contributed by atoms with van der Waals surface area (Å²) in [5.41, 5.74) is 10.4. The lowest BCUT2D eigenvalue weighted by molar-refractivity contribution is 0.125. The molecule has 1 heterocycles. The minimum absolute atomic E-state index is 0.000749. The Labute approximate surface area is 345 Å². The second-order valence-electron chi connectivity index (χ2n) is 17.5. The lowest BCUT2D eigenvalue weighted by atomic mass is 9.59. The van der Waals surface area contributed by atoms with Gasteiger partial charge in [0.15, 0.2) is 17.5 Å². The van der Waals surface area contributed by atoms with E-state index < -0.39 is 0 Å². The minimum atomic E-state index is -0.0739. The number of nitrogens with zero attached hydrogens (tertiary/aromatic N) is 4. The lowest BCUT2D eigenvalue weighted by Gasteiger charge is -2.44. The van der Waals surface area contributed by atoms with Gasteiger partial charge in [-0.15, -0.1) is 0 Å². The van der Waals surface area contributed by atoms with Crippen molar-refractivity contribution in [3.63, 3.8) is 0 Å². The van der Waals surface area contributed by atoms with E-state index in [9.17, 15) is 5.26 Å². The molecule has 1 aromatic heterocycles. The van der Waals surface area contributed by atoms with Crippen LogP contribution >= 0.6 is 0 Å². The molecule has 4 heteroatoms. The molecule has 0 spiro atoms. The van der Waals surface area contributed by atoms with Crippen molar-refractivity contribution in [2.45, 2.75) is 52.4 Å². The molecule has 0 N–H and O–H groups in total. The SMILES string of the molecule is CC1(C)c2cc(-c3ccc(-c4nc(-c5ccccc5)nc(-c5ccccc5C#N)n4)cc3)c(-c3cccc4c5ccccc5c5ccccc5c34)cc2C(C)(C)C1(C)C. The third kappa shape index (κ3) is 5.45. The molecule has 10 rings (SSSR count). The Bertz CT molecular complexity index is 3140. The second-order valence-corrected chi connectivity index (χ2v) is 17.5. The van der Waals surface area contributed by atoms with Gasteiger partial charge in [-0.05, 0) is 106 Å². The molecule has 0 aliphatic heterocycles. The van der Waals surface area contributed by atoms with Crippen LogP contribution in [-0.2, 0) is 10.8 Å². The van der Waals surface area contributed by atoms with Crippen molar-refractivity contribution in [1.82, 2.24) is 15.0 Å². The normalized spacial score (nSPS) is 15.0. The number of aromatic nitrogens is 3. The van der Waals surface area contributed by atoms with Crippen LogP contribution in [0.5, 0.6) is 0 Å². The minimum Gasteiger partial charge on any atom is -0.208 e. The molecule has 0 saturated carbocycles. The largest absolute Gasteiger partial charge is 0.208 e. The Morgan fingerprint density at radius 1 is 0.390 bits per heavy atom. The van der Waals surface area contributed by atoms with E-state index in [-0.39, 0.29) is 16.2 Å². The third-order valence-electron chi connectivity index (χ3n) is 14.1. The number of fused-ring (bicyclic) bond motifs is 7. The monoisotopic (exact) mass is 760 g/mol. The van der Waals surface area contributed by atoms with E-state index in [1.165, 1.54) is 60.1 Å². The molecule has 9 aromatic rings. The maximum Gasteiger partial charge on any atom is 0.165 e. The highest BCUT2D eigenvalue weighted by atomic mass is 15.0. The quantitative estimate of drug-likeness (QED) is 0.164. The van der Waals surface area contributed by atoms with Gasteiger partial charge in [-0.3, -0.25) is 0 Å². The Kier molecular flexibility index (Phi) is 8.20. The molecule has 0 fully saturated rings. The van der Waals surface area contributed by atoms with Gasteiger partial charge in [-0.2, -0.15) is 5.26 Å². The average Bonchev–Trinajstić information content (AvgIpc) is 3.38. The van der Waals surface area contributed by atoms with Crippen molar-refractivity contribution < 1.29 is 0 Å². The molecule has 0 unspecified atom stereocenters. The molecule has 0 amide bonds. The molecule has 8 aromatic carbocycles. The van der Waals surface area contributed by atoms with E-state index in [0.29, 0.717) is 28.6 Å². The van der Waals surface area contributed by atoms with Crippen molar-refractivity contribution in [3.8, 4) is 62.5 Å². The third-order valence-corrected chi connectivity index (χ3v) is 14.1. The van der Waals surface area contributed by atoms with E-state index in [1.54, 1.807) is 6.07 Å². The van der Waals surface area contributed by atoms with Crippen LogP contribution in [0.4, 0.5) is 0 Å². The van der Waals surface area contributed by atoms with E-state index in [4.69, 9.17) is 15.0 Å². The van der Waals surface area contributed by atoms with Gasteiger partial charge >= 0.3 is 0 Å². The Morgan fingerprint density at radius 3 is 1.44 bits per heavy atom. The summed E-state index contributed by atoms with van der Waals surface area (Å²) in [6, 6.07) is 57.9. The number of benzene rings is 8. The lowest BCUT2D eigenvalue weighted by Crippen LogP contribution is -2.42. The fraction of sp³-hybridized carbons (Fsp3) is 0.164. The van der Waals surface area contributed by atoms with Crippen LogP contribution in [-0.4, -0.2) is 15.0 Å². The van der Waals surface area contributed by atoms with Crippen molar-refractivity contribution in [1.29, 1.82) is 5.26 Å². The highest BCUT2D eigenvalue weighted by Gasteiger charge is 2.57. The van der Waals surface area contributed by atoms with E-state index >= 15 is 0 Å². The smallest absolute Gasteiger partial charge is 0.165 e. The molecule has 0 saturated heterocycles. The predicted molar refractivity (Wildman–Crippen MR) is 244 cm³/mol. The van der Waals surface area contributed by atoms with Crippen LogP contribution in [0.2, 0.25) is 0 Å². The van der Waals surface area contributed by atoms with Gasteiger partial charge in [0.1, 0.15) is 0 Å². The molecule has 284 valence electrons. The first-order valence-electron chi connectivity index (χ1n) is 20.4. The van der Waals surface area contributed by atoms with Gasteiger partial charge in [0, 0.05) is 16.7 Å². The van der Waals surface area contributed by atoms with Gasteiger partial charge < -0.3 is 0 Å². The highest BCUT2D eigenvalue weighted by Crippen LogP contribution is 2.63. The summed E-state index contributed by atoms with van der Waals surface area (Å²) >= 11 is 0. The van der Waals surface area contributed by atoms with Crippen LogP contribution in [0.3, 0.4) is 0 Å². The summed E-state index contributed by atoms with van der Waals surface area (Å²) in [4.78, 5) is 14.9. The molecule has 0 bridgehead atoms. The molecule has 1 aliphatic carbocycles. The summed E-state index contributed by atoms with van der Waals surface area (Å²) in [5.74, 6) is 1.59. The zero-order valence-corrected chi connectivity index (χ0v) is 34.3.